The normalized spacial score (nSPS) is 19.8. The van der Waals surface area contributed by atoms with Crippen LogP contribution in [0.5, 0.6) is 0 Å². The maximum atomic E-state index is 9.13. The van der Waals surface area contributed by atoms with Gasteiger partial charge in [-0.1, -0.05) is 6.42 Å². The lowest BCUT2D eigenvalue weighted by molar-refractivity contribution is 0.379. The highest BCUT2D eigenvalue weighted by Gasteiger charge is 2.28. The maximum absolute atomic E-state index is 9.13. The molecule has 3 heteroatoms. The van der Waals surface area contributed by atoms with Crippen molar-refractivity contribution in [1.29, 1.82) is 0 Å². The van der Waals surface area contributed by atoms with Crippen molar-refractivity contribution in [3.63, 3.8) is 0 Å². The second-order valence-electron chi connectivity index (χ2n) is 4.60. The summed E-state index contributed by atoms with van der Waals surface area (Å²) in [6.45, 7) is 0. The van der Waals surface area contributed by atoms with Crippen molar-refractivity contribution in [1.82, 2.24) is 4.98 Å². The van der Waals surface area contributed by atoms with Crippen LogP contribution in [0, 0.1) is 0 Å². The fraction of sp³-hybridized carbons (Fsp3) is 0.583. The van der Waals surface area contributed by atoms with E-state index in [1.165, 1.54) is 42.5 Å². The molecule has 3 nitrogen and oxygen atoms in total. The fourth-order valence-corrected chi connectivity index (χ4v) is 2.79. The SMILES string of the molecule is ONc1cnc2c(c1C1CCC1)CCC2. The van der Waals surface area contributed by atoms with Crippen LogP contribution in [0.4, 0.5) is 5.69 Å². The Morgan fingerprint density at radius 1 is 1.27 bits per heavy atom. The molecule has 2 N–H and O–H groups in total. The first-order chi connectivity index (χ1) is 7.40. The number of nitrogens with zero attached hydrogens (tertiary/aromatic N) is 1. The van der Waals surface area contributed by atoms with Crippen LogP contribution < -0.4 is 5.48 Å². The average molecular weight is 204 g/mol. The summed E-state index contributed by atoms with van der Waals surface area (Å²) in [5.41, 5.74) is 7.17. The lowest BCUT2D eigenvalue weighted by atomic mass is 9.77. The van der Waals surface area contributed by atoms with Gasteiger partial charge in [0.25, 0.3) is 0 Å². The highest BCUT2D eigenvalue weighted by molar-refractivity contribution is 5.56. The zero-order valence-corrected chi connectivity index (χ0v) is 8.79. The molecule has 0 radical (unpaired) electrons. The Hall–Kier alpha value is -1.09. The zero-order valence-electron chi connectivity index (χ0n) is 8.79. The molecule has 1 aromatic heterocycles. The van der Waals surface area contributed by atoms with Gasteiger partial charge >= 0.3 is 0 Å². The minimum absolute atomic E-state index is 0.662. The lowest BCUT2D eigenvalue weighted by Gasteiger charge is -2.29. The first-order valence-electron chi connectivity index (χ1n) is 5.81. The predicted octanol–water partition coefficient (Wildman–Crippen LogP) is 2.64. The van der Waals surface area contributed by atoms with E-state index < -0.39 is 0 Å². The molecule has 0 bridgehead atoms. The molecular weight excluding hydrogens is 188 g/mol. The van der Waals surface area contributed by atoms with Crippen molar-refractivity contribution in [3.05, 3.63) is 23.0 Å². The molecule has 2 aliphatic rings. The van der Waals surface area contributed by atoms with Gasteiger partial charge in [-0.25, -0.2) is 0 Å². The molecule has 0 unspecified atom stereocenters. The van der Waals surface area contributed by atoms with E-state index in [1.54, 1.807) is 6.20 Å². The second kappa shape index (κ2) is 3.49. The Balaban J connectivity index is 2.10. The van der Waals surface area contributed by atoms with E-state index in [9.17, 15) is 0 Å². The Bertz CT molecular complexity index is 385. The topological polar surface area (TPSA) is 45.1 Å². The van der Waals surface area contributed by atoms with Gasteiger partial charge in [-0.2, -0.15) is 0 Å². The van der Waals surface area contributed by atoms with Crippen LogP contribution in [-0.2, 0) is 12.8 Å². The van der Waals surface area contributed by atoms with Crippen LogP contribution in [0.25, 0.3) is 0 Å². The summed E-state index contributed by atoms with van der Waals surface area (Å²) in [5.74, 6) is 0.662. The van der Waals surface area contributed by atoms with Crippen LogP contribution >= 0.6 is 0 Å². The van der Waals surface area contributed by atoms with Crippen LogP contribution in [0.1, 0.15) is 48.4 Å². The van der Waals surface area contributed by atoms with Crippen molar-refractivity contribution < 1.29 is 5.21 Å². The first-order valence-corrected chi connectivity index (χ1v) is 5.81. The third kappa shape index (κ3) is 1.34. The van der Waals surface area contributed by atoms with E-state index in [0.717, 1.165) is 18.5 Å². The molecule has 2 aliphatic carbocycles. The van der Waals surface area contributed by atoms with Crippen LogP contribution in [0.3, 0.4) is 0 Å². The van der Waals surface area contributed by atoms with Gasteiger partial charge in [0.15, 0.2) is 0 Å². The zero-order chi connectivity index (χ0) is 10.3. The van der Waals surface area contributed by atoms with Crippen LogP contribution in [0.2, 0.25) is 0 Å². The number of fused-ring (bicyclic) bond motifs is 1. The molecule has 1 aromatic rings. The summed E-state index contributed by atoms with van der Waals surface area (Å²) in [4.78, 5) is 4.41. The third-order valence-electron chi connectivity index (χ3n) is 3.79. The van der Waals surface area contributed by atoms with Gasteiger partial charge < -0.3 is 0 Å². The van der Waals surface area contributed by atoms with Crippen molar-refractivity contribution in [3.8, 4) is 0 Å². The largest absolute Gasteiger partial charge is 0.291 e. The Morgan fingerprint density at radius 3 is 2.80 bits per heavy atom. The summed E-state index contributed by atoms with van der Waals surface area (Å²) >= 11 is 0. The Morgan fingerprint density at radius 2 is 2.13 bits per heavy atom. The molecule has 1 fully saturated rings. The van der Waals surface area contributed by atoms with Gasteiger partial charge in [0, 0.05) is 5.69 Å². The standard InChI is InChI=1S/C12H16N2O/c15-14-11-7-13-10-6-2-5-9(10)12(11)8-3-1-4-8/h7-8,14-15H,1-6H2. The van der Waals surface area contributed by atoms with Gasteiger partial charge in [0.2, 0.25) is 0 Å². The molecule has 1 heterocycles. The molecule has 0 aromatic carbocycles. The van der Waals surface area contributed by atoms with Crippen molar-refractivity contribution in [2.24, 2.45) is 0 Å². The van der Waals surface area contributed by atoms with E-state index in [1.807, 2.05) is 0 Å². The molecule has 3 rings (SSSR count). The van der Waals surface area contributed by atoms with E-state index in [0.29, 0.717) is 5.92 Å². The fourth-order valence-electron chi connectivity index (χ4n) is 2.79. The average Bonchev–Trinajstić information content (AvgIpc) is 2.63. The molecule has 15 heavy (non-hydrogen) atoms. The van der Waals surface area contributed by atoms with E-state index >= 15 is 0 Å². The Labute approximate surface area is 89.5 Å². The van der Waals surface area contributed by atoms with Gasteiger partial charge in [-0.3, -0.25) is 15.7 Å². The number of rotatable bonds is 2. The smallest absolute Gasteiger partial charge is 0.0823 e. The number of aryl methyl sites for hydroxylation is 1. The Kier molecular flexibility index (Phi) is 2.13. The molecule has 0 aliphatic heterocycles. The predicted molar refractivity (Wildman–Crippen MR) is 58.3 cm³/mol. The molecule has 0 atom stereocenters. The molecule has 1 saturated carbocycles. The summed E-state index contributed by atoms with van der Waals surface area (Å²) < 4.78 is 0. The molecule has 0 spiro atoms. The summed E-state index contributed by atoms with van der Waals surface area (Å²) in [5, 5.41) is 9.13. The van der Waals surface area contributed by atoms with E-state index in [4.69, 9.17) is 5.21 Å². The maximum Gasteiger partial charge on any atom is 0.0823 e. The molecular formula is C12H16N2O. The molecule has 80 valence electrons. The third-order valence-corrected chi connectivity index (χ3v) is 3.79. The van der Waals surface area contributed by atoms with Crippen molar-refractivity contribution in [2.75, 3.05) is 5.48 Å². The van der Waals surface area contributed by atoms with Crippen LogP contribution in [-0.4, -0.2) is 10.2 Å². The monoisotopic (exact) mass is 204 g/mol. The van der Waals surface area contributed by atoms with Crippen LogP contribution in [0.15, 0.2) is 6.20 Å². The molecule has 0 amide bonds. The number of hydrogen-bond donors (Lipinski definition) is 2. The number of aromatic nitrogens is 1. The van der Waals surface area contributed by atoms with Crippen molar-refractivity contribution in [2.45, 2.75) is 44.4 Å². The first kappa shape index (κ1) is 9.16. The lowest BCUT2D eigenvalue weighted by Crippen LogP contribution is -2.14. The minimum Gasteiger partial charge on any atom is -0.291 e. The number of nitrogens with one attached hydrogen (secondary N) is 1. The number of hydrogen-bond acceptors (Lipinski definition) is 3. The molecule has 0 saturated heterocycles. The van der Waals surface area contributed by atoms with Gasteiger partial charge in [-0.05, 0) is 49.1 Å². The van der Waals surface area contributed by atoms with Gasteiger partial charge in [-0.15, -0.1) is 0 Å². The minimum atomic E-state index is 0.662. The second-order valence-corrected chi connectivity index (χ2v) is 4.60. The summed E-state index contributed by atoms with van der Waals surface area (Å²) in [7, 11) is 0. The van der Waals surface area contributed by atoms with Gasteiger partial charge in [0.1, 0.15) is 0 Å². The number of anilines is 1. The summed E-state index contributed by atoms with van der Waals surface area (Å²) in [6, 6.07) is 0. The highest BCUT2D eigenvalue weighted by atomic mass is 16.5. The van der Waals surface area contributed by atoms with Crippen molar-refractivity contribution >= 4 is 5.69 Å². The summed E-state index contributed by atoms with van der Waals surface area (Å²) in [6.07, 6.45) is 9.13. The van der Waals surface area contributed by atoms with E-state index in [-0.39, 0.29) is 0 Å². The highest BCUT2D eigenvalue weighted by Crippen LogP contribution is 2.43. The van der Waals surface area contributed by atoms with E-state index in [2.05, 4.69) is 10.5 Å². The quantitative estimate of drug-likeness (QED) is 0.728. The van der Waals surface area contributed by atoms with Gasteiger partial charge in [0.05, 0.1) is 11.9 Å². The number of pyridine rings is 1.